The third-order valence-electron chi connectivity index (χ3n) is 7.27. The molecule has 1 amide bonds. The monoisotopic (exact) mass is 497 g/mol. The zero-order valence-electron chi connectivity index (χ0n) is 22.0. The third kappa shape index (κ3) is 6.16. The van der Waals surface area contributed by atoms with Crippen LogP contribution in [-0.2, 0) is 17.6 Å². The van der Waals surface area contributed by atoms with Crippen molar-refractivity contribution >= 4 is 11.6 Å². The summed E-state index contributed by atoms with van der Waals surface area (Å²) in [7, 11) is 6.57. The Morgan fingerprint density at radius 3 is 2.31 bits per heavy atom. The van der Waals surface area contributed by atoms with Crippen LogP contribution in [0.25, 0.3) is 0 Å². The number of ether oxygens (including phenoxy) is 4. The molecule has 2 aliphatic heterocycles. The van der Waals surface area contributed by atoms with Crippen LogP contribution in [0.2, 0.25) is 0 Å². The van der Waals surface area contributed by atoms with E-state index in [2.05, 4.69) is 15.1 Å². The Morgan fingerprint density at radius 2 is 1.58 bits per heavy atom. The molecule has 8 nitrogen and oxygen atoms in total. The zero-order valence-corrected chi connectivity index (χ0v) is 22.0. The number of amides is 1. The largest absolute Gasteiger partial charge is 0.493 e. The van der Waals surface area contributed by atoms with E-state index >= 15 is 0 Å². The minimum Gasteiger partial charge on any atom is -0.493 e. The normalized spacial score (nSPS) is 18.3. The number of piperidine rings is 1. The number of hydrogen-bond donors (Lipinski definition) is 1. The minimum absolute atomic E-state index is 0.202. The van der Waals surface area contributed by atoms with Gasteiger partial charge in [0, 0.05) is 44.5 Å². The molecular weight excluding hydrogens is 458 g/mol. The van der Waals surface area contributed by atoms with E-state index in [1.54, 1.807) is 28.4 Å². The van der Waals surface area contributed by atoms with Crippen molar-refractivity contribution in [3.05, 3.63) is 41.5 Å². The van der Waals surface area contributed by atoms with Crippen molar-refractivity contribution in [3.8, 4) is 23.0 Å². The van der Waals surface area contributed by atoms with Gasteiger partial charge in [0.15, 0.2) is 23.0 Å². The summed E-state index contributed by atoms with van der Waals surface area (Å²) in [4.78, 5) is 17.7. The van der Waals surface area contributed by atoms with Crippen LogP contribution < -0.4 is 24.3 Å². The number of nitrogens with zero attached hydrogens (tertiary/aromatic N) is 2. The topological polar surface area (TPSA) is 72.5 Å². The van der Waals surface area contributed by atoms with E-state index in [1.807, 2.05) is 30.3 Å². The SMILES string of the molecule is COc1ccc(NCCN2CCCC(CN3CCc4cc(OC)c(OC)cc4CC3=O)C2)cc1OC. The number of methoxy groups -OCH3 is 4. The van der Waals surface area contributed by atoms with E-state index in [0.29, 0.717) is 18.1 Å². The highest BCUT2D eigenvalue weighted by molar-refractivity contribution is 5.80. The predicted octanol–water partition coefficient (Wildman–Crippen LogP) is 3.47. The highest BCUT2D eigenvalue weighted by Crippen LogP contribution is 2.33. The van der Waals surface area contributed by atoms with Crippen molar-refractivity contribution in [1.29, 1.82) is 0 Å². The Kier molecular flexibility index (Phi) is 8.80. The maximum Gasteiger partial charge on any atom is 0.227 e. The molecule has 1 saturated heterocycles. The van der Waals surface area contributed by atoms with Crippen LogP contribution in [0.15, 0.2) is 30.3 Å². The Balaban J connectivity index is 1.29. The fourth-order valence-electron chi connectivity index (χ4n) is 5.33. The summed E-state index contributed by atoms with van der Waals surface area (Å²) < 4.78 is 21.6. The molecule has 0 aliphatic carbocycles. The van der Waals surface area contributed by atoms with Crippen LogP contribution in [0.1, 0.15) is 24.0 Å². The number of benzene rings is 2. The lowest BCUT2D eigenvalue weighted by atomic mass is 9.97. The molecule has 8 heteroatoms. The molecule has 0 saturated carbocycles. The molecule has 0 radical (unpaired) electrons. The van der Waals surface area contributed by atoms with E-state index in [0.717, 1.165) is 87.0 Å². The summed E-state index contributed by atoms with van der Waals surface area (Å²) in [5.41, 5.74) is 3.24. The van der Waals surface area contributed by atoms with Gasteiger partial charge in [-0.1, -0.05) is 0 Å². The second kappa shape index (κ2) is 12.2. The van der Waals surface area contributed by atoms with Crippen molar-refractivity contribution in [2.24, 2.45) is 5.92 Å². The maximum atomic E-state index is 13.1. The van der Waals surface area contributed by atoms with Crippen LogP contribution in [0.5, 0.6) is 23.0 Å². The van der Waals surface area contributed by atoms with E-state index in [-0.39, 0.29) is 5.91 Å². The molecule has 2 aliphatic rings. The van der Waals surface area contributed by atoms with Gasteiger partial charge in [-0.05, 0) is 67.1 Å². The number of carbonyl (C=O) groups excluding carboxylic acids is 1. The van der Waals surface area contributed by atoms with Crippen LogP contribution in [0, 0.1) is 5.92 Å². The fraction of sp³-hybridized carbons (Fsp3) is 0.536. The van der Waals surface area contributed by atoms with E-state index in [1.165, 1.54) is 5.56 Å². The molecule has 2 aromatic carbocycles. The first-order chi connectivity index (χ1) is 17.5. The Bertz CT molecular complexity index is 1040. The van der Waals surface area contributed by atoms with Gasteiger partial charge < -0.3 is 34.1 Å². The molecule has 0 aromatic heterocycles. The average molecular weight is 498 g/mol. The van der Waals surface area contributed by atoms with Gasteiger partial charge in [-0.3, -0.25) is 4.79 Å². The van der Waals surface area contributed by atoms with Crippen molar-refractivity contribution in [2.75, 3.05) is 73.0 Å². The molecule has 2 heterocycles. The molecule has 1 unspecified atom stereocenters. The lowest BCUT2D eigenvalue weighted by Gasteiger charge is -2.35. The molecule has 196 valence electrons. The molecule has 2 aromatic rings. The number of anilines is 1. The van der Waals surface area contributed by atoms with E-state index in [4.69, 9.17) is 18.9 Å². The number of fused-ring (bicyclic) bond motifs is 1. The molecule has 1 fully saturated rings. The summed E-state index contributed by atoms with van der Waals surface area (Å²) in [5, 5.41) is 3.50. The smallest absolute Gasteiger partial charge is 0.227 e. The highest BCUT2D eigenvalue weighted by atomic mass is 16.5. The predicted molar refractivity (Wildman–Crippen MR) is 141 cm³/mol. The van der Waals surface area contributed by atoms with Crippen LogP contribution in [0.4, 0.5) is 5.69 Å². The number of likely N-dealkylation sites (tertiary alicyclic amines) is 1. The fourth-order valence-corrected chi connectivity index (χ4v) is 5.33. The van der Waals surface area contributed by atoms with Gasteiger partial charge in [-0.2, -0.15) is 0 Å². The van der Waals surface area contributed by atoms with Crippen LogP contribution >= 0.6 is 0 Å². The standard InChI is InChI=1S/C28H39N3O5/c1-33-24-8-7-23(17-27(24)36-4)29-10-13-30-11-5-6-20(18-30)19-31-12-9-21-14-25(34-2)26(35-3)15-22(21)16-28(31)32/h7-8,14-15,17,20,29H,5-6,9-13,16,18-19H2,1-4H3. The Labute approximate surface area is 214 Å². The summed E-state index contributed by atoms with van der Waals surface area (Å²) in [6.45, 7) is 5.50. The summed E-state index contributed by atoms with van der Waals surface area (Å²) in [5.74, 6) is 3.55. The summed E-state index contributed by atoms with van der Waals surface area (Å²) >= 11 is 0. The lowest BCUT2D eigenvalue weighted by Crippen LogP contribution is -2.44. The maximum absolute atomic E-state index is 13.1. The van der Waals surface area contributed by atoms with E-state index < -0.39 is 0 Å². The summed E-state index contributed by atoms with van der Waals surface area (Å²) in [6, 6.07) is 9.88. The van der Waals surface area contributed by atoms with Crippen molar-refractivity contribution in [1.82, 2.24) is 9.80 Å². The first-order valence-corrected chi connectivity index (χ1v) is 12.7. The number of nitrogens with one attached hydrogen (secondary N) is 1. The zero-order chi connectivity index (χ0) is 25.5. The van der Waals surface area contributed by atoms with Crippen LogP contribution in [0.3, 0.4) is 0 Å². The molecule has 1 N–H and O–H groups in total. The number of rotatable bonds is 10. The van der Waals surface area contributed by atoms with Gasteiger partial charge >= 0.3 is 0 Å². The van der Waals surface area contributed by atoms with Gasteiger partial charge in [-0.15, -0.1) is 0 Å². The van der Waals surface area contributed by atoms with Crippen LogP contribution in [-0.4, -0.2) is 83.4 Å². The van der Waals surface area contributed by atoms with Gasteiger partial charge in [0.1, 0.15) is 0 Å². The first kappa shape index (κ1) is 25.9. The van der Waals surface area contributed by atoms with Gasteiger partial charge in [-0.25, -0.2) is 0 Å². The molecule has 0 spiro atoms. The minimum atomic E-state index is 0.202. The second-order valence-electron chi connectivity index (χ2n) is 9.55. The number of carbonyl (C=O) groups is 1. The van der Waals surface area contributed by atoms with Gasteiger partial charge in [0.05, 0.1) is 34.9 Å². The molecule has 4 rings (SSSR count). The highest BCUT2D eigenvalue weighted by Gasteiger charge is 2.27. The second-order valence-corrected chi connectivity index (χ2v) is 9.55. The van der Waals surface area contributed by atoms with Crippen molar-refractivity contribution < 1.29 is 23.7 Å². The molecule has 0 bridgehead atoms. The first-order valence-electron chi connectivity index (χ1n) is 12.7. The lowest BCUT2D eigenvalue weighted by molar-refractivity contribution is -0.131. The molecule has 1 atom stereocenters. The van der Waals surface area contributed by atoms with Gasteiger partial charge in [0.2, 0.25) is 5.91 Å². The average Bonchev–Trinajstić information content (AvgIpc) is 3.05. The van der Waals surface area contributed by atoms with Gasteiger partial charge in [0.25, 0.3) is 0 Å². The third-order valence-corrected chi connectivity index (χ3v) is 7.27. The van der Waals surface area contributed by atoms with Crippen molar-refractivity contribution in [3.63, 3.8) is 0 Å². The Morgan fingerprint density at radius 1 is 0.889 bits per heavy atom. The molecule has 36 heavy (non-hydrogen) atoms. The Hall–Kier alpha value is -3.13. The quantitative estimate of drug-likeness (QED) is 0.539. The summed E-state index contributed by atoms with van der Waals surface area (Å²) in [6.07, 6.45) is 3.59. The number of hydrogen-bond acceptors (Lipinski definition) is 7. The van der Waals surface area contributed by atoms with Crippen molar-refractivity contribution in [2.45, 2.75) is 25.7 Å². The van der Waals surface area contributed by atoms with E-state index in [9.17, 15) is 4.79 Å². The molecular formula is C28H39N3O5.